The van der Waals surface area contributed by atoms with Crippen molar-refractivity contribution in [1.29, 1.82) is 0 Å². The predicted molar refractivity (Wildman–Crippen MR) is 78.0 cm³/mol. The van der Waals surface area contributed by atoms with E-state index in [0.29, 0.717) is 0 Å². The fourth-order valence-corrected chi connectivity index (χ4v) is 3.11. The zero-order chi connectivity index (χ0) is 13.6. The molecule has 4 heteroatoms. The van der Waals surface area contributed by atoms with Crippen LogP contribution in [0.2, 0.25) is 0 Å². The third-order valence-electron chi connectivity index (χ3n) is 3.45. The molecule has 2 aromatic heterocycles. The van der Waals surface area contributed by atoms with Gasteiger partial charge in [-0.25, -0.2) is 4.98 Å². The average molecular weight is 270 g/mol. The van der Waals surface area contributed by atoms with E-state index in [1.54, 1.807) is 15.9 Å². The average Bonchev–Trinajstić information content (AvgIpc) is 2.89. The fraction of sp³-hybridized carbons (Fsp3) is 0.200. The molecule has 0 aliphatic carbocycles. The molecule has 0 unspecified atom stereocenters. The minimum atomic E-state index is 0.00745. The molecule has 0 radical (unpaired) electrons. The summed E-state index contributed by atoms with van der Waals surface area (Å²) < 4.78 is 1.70. The van der Waals surface area contributed by atoms with E-state index in [9.17, 15) is 4.79 Å². The lowest BCUT2D eigenvalue weighted by atomic mass is 10.1. The van der Waals surface area contributed by atoms with Gasteiger partial charge in [0.05, 0.1) is 16.6 Å². The number of thiophene rings is 1. The molecular formula is C15H14N2OS. The highest BCUT2D eigenvalue weighted by molar-refractivity contribution is 7.10. The quantitative estimate of drug-likeness (QED) is 0.675. The molecule has 0 saturated heterocycles. The van der Waals surface area contributed by atoms with Crippen LogP contribution in [0.3, 0.4) is 0 Å². The molecule has 0 N–H and O–H groups in total. The Labute approximate surface area is 115 Å². The number of hydrogen-bond acceptors (Lipinski definition) is 3. The van der Waals surface area contributed by atoms with Gasteiger partial charge in [0.15, 0.2) is 0 Å². The van der Waals surface area contributed by atoms with E-state index in [4.69, 9.17) is 0 Å². The van der Waals surface area contributed by atoms with Gasteiger partial charge in [0.25, 0.3) is 5.91 Å². The zero-order valence-electron chi connectivity index (χ0n) is 11.1. The van der Waals surface area contributed by atoms with Crippen molar-refractivity contribution >= 4 is 28.3 Å². The lowest BCUT2D eigenvalue weighted by molar-refractivity contribution is 0.0962. The Hall–Kier alpha value is -1.94. The largest absolute Gasteiger partial charge is 0.268 e. The van der Waals surface area contributed by atoms with Gasteiger partial charge in [-0.2, -0.15) is 0 Å². The molecular weight excluding hydrogens is 256 g/mol. The number of aromatic nitrogens is 2. The number of carbonyl (C=O) groups excluding carboxylic acids is 1. The van der Waals surface area contributed by atoms with E-state index >= 15 is 0 Å². The maximum absolute atomic E-state index is 12.7. The minimum absolute atomic E-state index is 0.00745. The van der Waals surface area contributed by atoms with Gasteiger partial charge >= 0.3 is 0 Å². The lowest BCUT2D eigenvalue weighted by Gasteiger charge is -2.05. The van der Waals surface area contributed by atoms with Crippen molar-refractivity contribution in [3.63, 3.8) is 0 Å². The van der Waals surface area contributed by atoms with Crippen molar-refractivity contribution in [2.45, 2.75) is 20.8 Å². The number of benzene rings is 1. The molecule has 0 fully saturated rings. The number of imidazole rings is 1. The first-order valence-corrected chi connectivity index (χ1v) is 7.01. The highest BCUT2D eigenvalue weighted by Crippen LogP contribution is 2.24. The minimum Gasteiger partial charge on any atom is -0.268 e. The van der Waals surface area contributed by atoms with E-state index < -0.39 is 0 Å². The number of fused-ring (bicyclic) bond motifs is 1. The van der Waals surface area contributed by atoms with Gasteiger partial charge < -0.3 is 0 Å². The Morgan fingerprint density at radius 3 is 2.63 bits per heavy atom. The summed E-state index contributed by atoms with van der Waals surface area (Å²) in [5.74, 6) is 0.738. The number of nitrogens with zero attached hydrogens (tertiary/aromatic N) is 2. The van der Waals surface area contributed by atoms with Crippen molar-refractivity contribution in [2.75, 3.05) is 0 Å². The summed E-state index contributed by atoms with van der Waals surface area (Å²) in [6.45, 7) is 5.90. The number of aryl methyl sites for hydroxylation is 2. The Balaban J connectivity index is 2.22. The Bertz CT molecular complexity index is 783. The Morgan fingerprint density at radius 1 is 1.21 bits per heavy atom. The summed E-state index contributed by atoms with van der Waals surface area (Å²) >= 11 is 1.61. The smallest absolute Gasteiger partial charge is 0.264 e. The maximum Gasteiger partial charge on any atom is 0.264 e. The van der Waals surface area contributed by atoms with Crippen LogP contribution in [0.25, 0.3) is 11.0 Å². The van der Waals surface area contributed by atoms with E-state index in [2.05, 4.69) is 4.98 Å². The Morgan fingerprint density at radius 2 is 1.95 bits per heavy atom. The third kappa shape index (κ3) is 1.79. The van der Waals surface area contributed by atoms with Crippen molar-refractivity contribution in [1.82, 2.24) is 9.55 Å². The van der Waals surface area contributed by atoms with Crippen LogP contribution in [0, 0.1) is 20.8 Å². The van der Waals surface area contributed by atoms with Gasteiger partial charge in [-0.3, -0.25) is 9.36 Å². The van der Waals surface area contributed by atoms with E-state index in [1.165, 1.54) is 4.88 Å². The highest BCUT2D eigenvalue weighted by atomic mass is 32.1. The summed E-state index contributed by atoms with van der Waals surface area (Å²) in [6, 6.07) is 7.72. The second kappa shape index (κ2) is 4.31. The number of hydrogen-bond donors (Lipinski definition) is 0. The molecule has 0 aliphatic heterocycles. The standard InChI is InChI=1S/C15H14N2OS/c1-9-10(2)19-8-12(9)15(18)17-11(3)16-13-6-4-5-7-14(13)17/h4-8H,1-3H3. The van der Waals surface area contributed by atoms with Gasteiger partial charge in [-0.05, 0) is 38.5 Å². The maximum atomic E-state index is 12.7. The van der Waals surface area contributed by atoms with Crippen molar-refractivity contribution < 1.29 is 4.79 Å². The third-order valence-corrected chi connectivity index (χ3v) is 4.46. The van der Waals surface area contributed by atoms with Crippen LogP contribution in [0.1, 0.15) is 26.6 Å². The molecule has 0 amide bonds. The second-order valence-corrected chi connectivity index (χ2v) is 5.70. The van der Waals surface area contributed by atoms with E-state index in [1.807, 2.05) is 50.4 Å². The van der Waals surface area contributed by atoms with Crippen molar-refractivity contribution in [3.8, 4) is 0 Å². The molecule has 1 aromatic carbocycles. The summed E-state index contributed by atoms with van der Waals surface area (Å²) in [5.41, 5.74) is 3.56. The summed E-state index contributed by atoms with van der Waals surface area (Å²) in [5, 5.41) is 1.93. The molecule has 3 rings (SSSR count). The van der Waals surface area contributed by atoms with E-state index in [0.717, 1.165) is 28.0 Å². The normalized spacial score (nSPS) is 11.1. The summed E-state index contributed by atoms with van der Waals surface area (Å²) in [6.07, 6.45) is 0. The van der Waals surface area contributed by atoms with Gasteiger partial charge in [-0.15, -0.1) is 11.3 Å². The summed E-state index contributed by atoms with van der Waals surface area (Å²) in [4.78, 5) is 18.3. The first-order chi connectivity index (χ1) is 9.09. The molecule has 3 nitrogen and oxygen atoms in total. The first kappa shape index (κ1) is 12.1. The van der Waals surface area contributed by atoms with Crippen LogP contribution in [0.15, 0.2) is 29.6 Å². The number of carbonyl (C=O) groups is 1. The molecule has 2 heterocycles. The van der Waals surface area contributed by atoms with Crippen LogP contribution in [-0.4, -0.2) is 15.5 Å². The molecule has 0 aliphatic rings. The zero-order valence-corrected chi connectivity index (χ0v) is 11.9. The van der Waals surface area contributed by atoms with Gasteiger partial charge in [0, 0.05) is 10.3 Å². The lowest BCUT2D eigenvalue weighted by Crippen LogP contribution is -2.13. The predicted octanol–water partition coefficient (Wildman–Crippen LogP) is 3.71. The van der Waals surface area contributed by atoms with Gasteiger partial charge in [-0.1, -0.05) is 12.1 Å². The molecule has 0 spiro atoms. The number of rotatable bonds is 1. The SMILES string of the molecule is Cc1scc(C(=O)n2c(C)nc3ccccc32)c1C. The van der Waals surface area contributed by atoms with Gasteiger partial charge in [0.2, 0.25) is 0 Å². The van der Waals surface area contributed by atoms with Gasteiger partial charge in [0.1, 0.15) is 5.82 Å². The molecule has 0 atom stereocenters. The molecule has 3 aromatic rings. The van der Waals surface area contributed by atoms with Crippen LogP contribution in [0.5, 0.6) is 0 Å². The van der Waals surface area contributed by atoms with Crippen LogP contribution in [-0.2, 0) is 0 Å². The van der Waals surface area contributed by atoms with Crippen LogP contribution in [0.4, 0.5) is 0 Å². The number of para-hydroxylation sites is 2. The van der Waals surface area contributed by atoms with Crippen LogP contribution < -0.4 is 0 Å². The monoisotopic (exact) mass is 270 g/mol. The molecule has 19 heavy (non-hydrogen) atoms. The molecule has 96 valence electrons. The summed E-state index contributed by atoms with van der Waals surface area (Å²) in [7, 11) is 0. The fourth-order valence-electron chi connectivity index (χ4n) is 2.25. The van der Waals surface area contributed by atoms with Crippen LogP contribution >= 0.6 is 11.3 Å². The van der Waals surface area contributed by atoms with Crippen molar-refractivity contribution in [3.05, 3.63) is 51.5 Å². The Kier molecular flexibility index (Phi) is 2.75. The first-order valence-electron chi connectivity index (χ1n) is 6.13. The van der Waals surface area contributed by atoms with Crippen molar-refractivity contribution in [2.24, 2.45) is 0 Å². The molecule has 0 saturated carbocycles. The highest BCUT2D eigenvalue weighted by Gasteiger charge is 2.18. The molecule has 0 bridgehead atoms. The topological polar surface area (TPSA) is 34.9 Å². The van der Waals surface area contributed by atoms with E-state index in [-0.39, 0.29) is 5.91 Å². The second-order valence-electron chi connectivity index (χ2n) is 4.62.